The van der Waals surface area contributed by atoms with Gasteiger partial charge in [-0.15, -0.1) is 0 Å². The van der Waals surface area contributed by atoms with Crippen molar-refractivity contribution in [3.8, 4) is 0 Å². The zero-order valence-corrected chi connectivity index (χ0v) is 13.5. The van der Waals surface area contributed by atoms with Gasteiger partial charge in [0.05, 0.1) is 0 Å². The normalized spacial score (nSPS) is 10.8. The SMILES string of the molecule is NCCCCCCCCCCCCCCCCC[C]=O. The molecule has 0 atom stereocenters. The molecule has 0 saturated heterocycles. The van der Waals surface area contributed by atoms with Gasteiger partial charge in [0.25, 0.3) is 0 Å². The first-order valence-electron chi connectivity index (χ1n) is 8.97. The van der Waals surface area contributed by atoms with Gasteiger partial charge in [0.1, 0.15) is 0 Å². The monoisotopic (exact) mass is 282 g/mol. The lowest BCUT2D eigenvalue weighted by Crippen LogP contribution is -1.97. The summed E-state index contributed by atoms with van der Waals surface area (Å²) < 4.78 is 0. The molecule has 2 nitrogen and oxygen atoms in total. The molecule has 0 aromatic carbocycles. The number of rotatable bonds is 17. The lowest BCUT2D eigenvalue weighted by atomic mass is 10.0. The molecule has 0 fully saturated rings. The van der Waals surface area contributed by atoms with Crippen LogP contribution in [-0.4, -0.2) is 12.8 Å². The molecule has 0 aliphatic heterocycles. The third kappa shape index (κ3) is 17.6. The third-order valence-corrected chi connectivity index (χ3v) is 3.98. The van der Waals surface area contributed by atoms with Crippen molar-refractivity contribution in [2.75, 3.05) is 6.54 Å². The Hall–Kier alpha value is -0.370. The van der Waals surface area contributed by atoms with Crippen LogP contribution in [0.15, 0.2) is 0 Å². The second kappa shape index (κ2) is 18.6. The van der Waals surface area contributed by atoms with E-state index in [-0.39, 0.29) is 0 Å². The van der Waals surface area contributed by atoms with Crippen LogP contribution in [-0.2, 0) is 4.79 Å². The van der Waals surface area contributed by atoms with E-state index in [0.29, 0.717) is 6.42 Å². The summed E-state index contributed by atoms with van der Waals surface area (Å²) in [5.74, 6) is 0. The van der Waals surface area contributed by atoms with Gasteiger partial charge in [-0.1, -0.05) is 83.5 Å². The fourth-order valence-electron chi connectivity index (χ4n) is 2.64. The number of hydrogen-bond donors (Lipinski definition) is 1. The molecule has 119 valence electrons. The van der Waals surface area contributed by atoms with E-state index in [4.69, 9.17) is 5.73 Å². The molecule has 0 spiro atoms. The first kappa shape index (κ1) is 19.6. The largest absolute Gasteiger partial charge is 0.330 e. The maximum absolute atomic E-state index is 10.0. The Balaban J connectivity index is 2.90. The van der Waals surface area contributed by atoms with E-state index >= 15 is 0 Å². The molecule has 0 aromatic rings. The zero-order valence-electron chi connectivity index (χ0n) is 13.5. The minimum absolute atomic E-state index is 0.631. The van der Waals surface area contributed by atoms with Gasteiger partial charge in [-0.2, -0.15) is 0 Å². The van der Waals surface area contributed by atoms with Crippen LogP contribution in [0.25, 0.3) is 0 Å². The molecule has 2 heteroatoms. The summed E-state index contributed by atoms with van der Waals surface area (Å²) >= 11 is 0. The second-order valence-electron chi connectivity index (χ2n) is 5.99. The lowest BCUT2D eigenvalue weighted by Gasteiger charge is -2.03. The van der Waals surface area contributed by atoms with Gasteiger partial charge in [-0.3, -0.25) is 4.79 Å². The summed E-state index contributed by atoms with van der Waals surface area (Å²) in [6, 6.07) is 0. The second-order valence-corrected chi connectivity index (χ2v) is 5.99. The van der Waals surface area contributed by atoms with Crippen LogP contribution in [0.5, 0.6) is 0 Å². The Bertz CT molecular complexity index is 182. The molecule has 0 aromatic heterocycles. The van der Waals surface area contributed by atoms with E-state index in [0.717, 1.165) is 13.0 Å². The van der Waals surface area contributed by atoms with Gasteiger partial charge in [0.15, 0.2) is 6.29 Å². The van der Waals surface area contributed by atoms with E-state index in [1.807, 2.05) is 6.29 Å². The molecule has 0 aliphatic rings. The molecule has 2 N–H and O–H groups in total. The number of hydrogen-bond acceptors (Lipinski definition) is 2. The van der Waals surface area contributed by atoms with Crippen molar-refractivity contribution < 1.29 is 4.79 Å². The quantitative estimate of drug-likeness (QED) is 0.368. The van der Waals surface area contributed by atoms with Gasteiger partial charge < -0.3 is 5.73 Å². The van der Waals surface area contributed by atoms with Gasteiger partial charge in [-0.25, -0.2) is 0 Å². The highest BCUT2D eigenvalue weighted by atomic mass is 16.1. The van der Waals surface area contributed by atoms with Crippen molar-refractivity contribution in [1.82, 2.24) is 0 Å². The minimum atomic E-state index is 0.631. The molecule has 0 amide bonds. The van der Waals surface area contributed by atoms with Crippen LogP contribution in [0, 0.1) is 0 Å². The summed E-state index contributed by atoms with van der Waals surface area (Å²) in [7, 11) is 0. The molecule has 0 rings (SSSR count). The van der Waals surface area contributed by atoms with Gasteiger partial charge in [-0.05, 0) is 19.4 Å². The maximum atomic E-state index is 10.0. The predicted molar refractivity (Wildman–Crippen MR) is 88.6 cm³/mol. The first-order chi connectivity index (χ1) is 9.91. The summed E-state index contributed by atoms with van der Waals surface area (Å²) in [4.78, 5) is 10.0. The van der Waals surface area contributed by atoms with Crippen molar-refractivity contribution in [3.63, 3.8) is 0 Å². The smallest absolute Gasteiger partial charge is 0.198 e. The standard InChI is InChI=1S/C18H36NO/c19-17-15-13-11-9-7-5-3-1-2-4-6-8-10-12-14-16-18-20/h1-17,19H2. The average molecular weight is 282 g/mol. The highest BCUT2D eigenvalue weighted by molar-refractivity contribution is 5.50. The van der Waals surface area contributed by atoms with Crippen LogP contribution in [0.1, 0.15) is 103 Å². The summed E-state index contributed by atoms with van der Waals surface area (Å²) in [6.45, 7) is 0.857. The summed E-state index contributed by atoms with van der Waals surface area (Å²) in [5, 5.41) is 0. The predicted octanol–water partition coefficient (Wildman–Crippen LogP) is 5.30. The van der Waals surface area contributed by atoms with Crippen LogP contribution < -0.4 is 5.73 Å². The van der Waals surface area contributed by atoms with Crippen molar-refractivity contribution in [1.29, 1.82) is 0 Å². The van der Waals surface area contributed by atoms with Crippen molar-refractivity contribution in [2.24, 2.45) is 5.73 Å². The van der Waals surface area contributed by atoms with E-state index in [2.05, 4.69) is 0 Å². The number of carbonyl (C=O) groups excluding carboxylic acids is 1. The van der Waals surface area contributed by atoms with Gasteiger partial charge in [0.2, 0.25) is 0 Å². The first-order valence-corrected chi connectivity index (χ1v) is 8.97. The Morgan fingerprint density at radius 1 is 0.500 bits per heavy atom. The number of unbranched alkanes of at least 4 members (excludes halogenated alkanes) is 15. The van der Waals surface area contributed by atoms with E-state index < -0.39 is 0 Å². The topological polar surface area (TPSA) is 43.1 Å². The Labute approximate surface area is 126 Å². The van der Waals surface area contributed by atoms with Crippen LogP contribution in [0.2, 0.25) is 0 Å². The molecular formula is C18H36NO. The molecular weight excluding hydrogens is 246 g/mol. The Morgan fingerprint density at radius 2 is 0.800 bits per heavy atom. The van der Waals surface area contributed by atoms with Crippen molar-refractivity contribution in [2.45, 2.75) is 103 Å². The third-order valence-electron chi connectivity index (χ3n) is 3.98. The van der Waals surface area contributed by atoms with E-state index in [1.54, 1.807) is 0 Å². The summed E-state index contributed by atoms with van der Waals surface area (Å²) in [6.07, 6.45) is 22.6. The molecule has 1 radical (unpaired) electrons. The average Bonchev–Trinajstić information content (AvgIpc) is 2.47. The molecule has 0 heterocycles. The van der Waals surface area contributed by atoms with E-state index in [9.17, 15) is 4.79 Å². The zero-order chi connectivity index (χ0) is 14.7. The molecule has 0 aliphatic carbocycles. The highest BCUT2D eigenvalue weighted by Gasteiger charge is 1.94. The van der Waals surface area contributed by atoms with Crippen LogP contribution in [0.4, 0.5) is 0 Å². The fourth-order valence-corrected chi connectivity index (χ4v) is 2.64. The maximum Gasteiger partial charge on any atom is 0.198 e. The van der Waals surface area contributed by atoms with Crippen LogP contribution in [0.3, 0.4) is 0 Å². The van der Waals surface area contributed by atoms with Crippen molar-refractivity contribution in [3.05, 3.63) is 0 Å². The Kier molecular flexibility index (Phi) is 18.3. The molecule has 0 bridgehead atoms. The summed E-state index contributed by atoms with van der Waals surface area (Å²) in [5.41, 5.74) is 5.47. The Morgan fingerprint density at radius 3 is 1.10 bits per heavy atom. The molecule has 0 unspecified atom stereocenters. The lowest BCUT2D eigenvalue weighted by molar-refractivity contribution is 0.526. The van der Waals surface area contributed by atoms with Crippen molar-refractivity contribution >= 4 is 6.29 Å². The van der Waals surface area contributed by atoms with Crippen LogP contribution >= 0.6 is 0 Å². The fraction of sp³-hybridized carbons (Fsp3) is 0.944. The van der Waals surface area contributed by atoms with E-state index in [1.165, 1.54) is 89.9 Å². The van der Waals surface area contributed by atoms with Gasteiger partial charge in [0, 0.05) is 6.42 Å². The molecule has 0 saturated carbocycles. The highest BCUT2D eigenvalue weighted by Crippen LogP contribution is 2.13. The molecule has 20 heavy (non-hydrogen) atoms. The van der Waals surface area contributed by atoms with Gasteiger partial charge >= 0.3 is 0 Å². The minimum Gasteiger partial charge on any atom is -0.330 e. The number of nitrogens with two attached hydrogens (primary N) is 1.